The molecule has 2 N–H and O–H groups in total. The number of carbonyl (C=O) groups excluding carboxylic acids is 1. The van der Waals surface area contributed by atoms with Gasteiger partial charge >= 0.3 is 6.09 Å². The van der Waals surface area contributed by atoms with Gasteiger partial charge in [-0.2, -0.15) is 0 Å². The van der Waals surface area contributed by atoms with Crippen LogP contribution in [0.2, 0.25) is 0 Å². The van der Waals surface area contributed by atoms with Crippen molar-refractivity contribution >= 4 is 23.3 Å². The SMILES string of the molecule is CCc1nc(N)ccc1N=Nc1ccccc1OC(=O)N1CCC(N2CCCOCC2)CC1. The fourth-order valence-corrected chi connectivity index (χ4v) is 4.30. The number of aromatic nitrogens is 1. The maximum atomic E-state index is 12.8. The number of amides is 1. The van der Waals surface area contributed by atoms with E-state index in [0.717, 1.165) is 51.3 Å². The predicted octanol–water partition coefficient (Wildman–Crippen LogP) is 4.33. The summed E-state index contributed by atoms with van der Waals surface area (Å²) >= 11 is 0. The average molecular weight is 453 g/mol. The summed E-state index contributed by atoms with van der Waals surface area (Å²) in [5, 5.41) is 8.65. The largest absolute Gasteiger partial charge is 0.415 e. The Morgan fingerprint density at radius 1 is 1.09 bits per heavy atom. The van der Waals surface area contributed by atoms with Gasteiger partial charge in [0.15, 0.2) is 5.75 Å². The molecule has 2 fully saturated rings. The summed E-state index contributed by atoms with van der Waals surface area (Å²) in [6.07, 6.45) is 3.30. The minimum absolute atomic E-state index is 0.348. The van der Waals surface area contributed by atoms with Crippen molar-refractivity contribution in [3.8, 4) is 5.75 Å². The monoisotopic (exact) mass is 452 g/mol. The molecule has 3 heterocycles. The zero-order valence-corrected chi connectivity index (χ0v) is 19.2. The third-order valence-corrected chi connectivity index (χ3v) is 6.13. The summed E-state index contributed by atoms with van der Waals surface area (Å²) in [5.74, 6) is 0.840. The van der Waals surface area contributed by atoms with E-state index in [2.05, 4.69) is 20.1 Å². The van der Waals surface area contributed by atoms with E-state index in [1.165, 1.54) is 0 Å². The molecule has 0 spiro atoms. The molecule has 1 aromatic carbocycles. The van der Waals surface area contributed by atoms with Crippen LogP contribution in [0, 0.1) is 0 Å². The Morgan fingerprint density at radius 3 is 2.70 bits per heavy atom. The number of nitrogen functional groups attached to an aromatic ring is 1. The highest BCUT2D eigenvalue weighted by atomic mass is 16.6. The molecule has 9 heteroatoms. The van der Waals surface area contributed by atoms with Crippen LogP contribution < -0.4 is 10.5 Å². The first kappa shape index (κ1) is 23.1. The van der Waals surface area contributed by atoms with Crippen molar-refractivity contribution in [1.82, 2.24) is 14.8 Å². The van der Waals surface area contributed by atoms with Crippen molar-refractivity contribution in [3.63, 3.8) is 0 Å². The van der Waals surface area contributed by atoms with Gasteiger partial charge in [0, 0.05) is 38.8 Å². The molecule has 0 atom stereocenters. The Hall–Kier alpha value is -3.04. The number of rotatable bonds is 5. The van der Waals surface area contributed by atoms with Crippen LogP contribution >= 0.6 is 0 Å². The highest BCUT2D eigenvalue weighted by molar-refractivity contribution is 5.73. The van der Waals surface area contributed by atoms with E-state index >= 15 is 0 Å². The van der Waals surface area contributed by atoms with E-state index in [1.807, 2.05) is 19.1 Å². The molecule has 0 saturated carbocycles. The molecule has 0 bridgehead atoms. The Labute approximate surface area is 194 Å². The molecule has 2 saturated heterocycles. The number of nitrogens with two attached hydrogens (primary N) is 1. The van der Waals surface area contributed by atoms with Crippen LogP contribution in [-0.2, 0) is 11.2 Å². The van der Waals surface area contributed by atoms with Gasteiger partial charge in [-0.05, 0) is 49.9 Å². The number of benzene rings is 1. The molecule has 1 amide bonds. The maximum Gasteiger partial charge on any atom is 0.415 e. The Balaban J connectivity index is 1.37. The number of hydrogen-bond donors (Lipinski definition) is 1. The molecule has 176 valence electrons. The highest BCUT2D eigenvalue weighted by Crippen LogP contribution is 2.31. The molecule has 0 radical (unpaired) electrons. The van der Waals surface area contributed by atoms with E-state index in [4.69, 9.17) is 15.2 Å². The number of piperidine rings is 1. The first-order valence-electron chi connectivity index (χ1n) is 11.7. The number of carbonyl (C=O) groups is 1. The molecule has 33 heavy (non-hydrogen) atoms. The molecule has 2 aliphatic heterocycles. The number of pyridine rings is 1. The number of para-hydroxylation sites is 1. The van der Waals surface area contributed by atoms with E-state index < -0.39 is 0 Å². The number of hydrogen-bond acceptors (Lipinski definition) is 8. The second kappa shape index (κ2) is 11.2. The van der Waals surface area contributed by atoms with Crippen LogP contribution in [-0.4, -0.2) is 66.3 Å². The van der Waals surface area contributed by atoms with Crippen LogP contribution in [0.1, 0.15) is 31.9 Å². The summed E-state index contributed by atoms with van der Waals surface area (Å²) in [4.78, 5) is 21.4. The number of anilines is 1. The Morgan fingerprint density at radius 2 is 1.88 bits per heavy atom. The molecule has 9 nitrogen and oxygen atoms in total. The van der Waals surface area contributed by atoms with Gasteiger partial charge < -0.3 is 20.1 Å². The second-order valence-electron chi connectivity index (χ2n) is 8.31. The van der Waals surface area contributed by atoms with Gasteiger partial charge in [-0.15, -0.1) is 10.2 Å². The maximum absolute atomic E-state index is 12.8. The molecule has 4 rings (SSSR count). The molecule has 2 aromatic rings. The summed E-state index contributed by atoms with van der Waals surface area (Å²) < 4.78 is 11.3. The van der Waals surface area contributed by atoms with Crippen molar-refractivity contribution in [2.24, 2.45) is 10.2 Å². The Bertz CT molecular complexity index is 966. The van der Waals surface area contributed by atoms with Crippen molar-refractivity contribution in [3.05, 3.63) is 42.1 Å². The van der Waals surface area contributed by atoms with Crippen LogP contribution in [0.5, 0.6) is 5.75 Å². The summed E-state index contributed by atoms with van der Waals surface area (Å²) in [6, 6.07) is 11.1. The van der Waals surface area contributed by atoms with E-state index in [0.29, 0.717) is 48.5 Å². The fourth-order valence-electron chi connectivity index (χ4n) is 4.30. The van der Waals surface area contributed by atoms with Crippen LogP contribution in [0.15, 0.2) is 46.6 Å². The predicted molar refractivity (Wildman–Crippen MR) is 126 cm³/mol. The average Bonchev–Trinajstić information content (AvgIpc) is 3.14. The first-order chi connectivity index (χ1) is 16.1. The summed E-state index contributed by atoms with van der Waals surface area (Å²) in [7, 11) is 0. The standard InChI is InChI=1S/C24H32N6O3/c1-2-19-20(8-9-23(25)26-19)27-28-21-6-3-4-7-22(21)33-24(31)30-13-10-18(11-14-30)29-12-5-16-32-17-15-29/h3-4,6-9,18H,2,5,10-17H2,1H3,(H2,25,26). The molecule has 0 unspecified atom stereocenters. The first-order valence-corrected chi connectivity index (χ1v) is 11.7. The van der Waals surface area contributed by atoms with Crippen molar-refractivity contribution in [2.75, 3.05) is 45.1 Å². The van der Waals surface area contributed by atoms with Gasteiger partial charge in [-0.25, -0.2) is 9.78 Å². The van der Waals surface area contributed by atoms with Gasteiger partial charge in [0.1, 0.15) is 17.2 Å². The molecular weight excluding hydrogens is 420 g/mol. The zero-order valence-electron chi connectivity index (χ0n) is 19.2. The Kier molecular flexibility index (Phi) is 7.85. The summed E-state index contributed by atoms with van der Waals surface area (Å²) in [5.41, 5.74) is 7.67. The molecular formula is C24H32N6O3. The number of azo groups is 1. The topological polar surface area (TPSA) is 106 Å². The fraction of sp³-hybridized carbons (Fsp3) is 0.500. The van der Waals surface area contributed by atoms with E-state index in [9.17, 15) is 4.79 Å². The van der Waals surface area contributed by atoms with Crippen LogP contribution in [0.25, 0.3) is 0 Å². The lowest BCUT2D eigenvalue weighted by Crippen LogP contribution is -2.48. The number of nitrogens with zero attached hydrogens (tertiary/aromatic N) is 5. The lowest BCUT2D eigenvalue weighted by Gasteiger charge is -2.37. The van der Waals surface area contributed by atoms with E-state index in [-0.39, 0.29) is 6.09 Å². The van der Waals surface area contributed by atoms with Crippen molar-refractivity contribution in [2.45, 2.75) is 38.6 Å². The molecule has 1 aromatic heterocycles. The second-order valence-corrected chi connectivity index (χ2v) is 8.31. The van der Waals surface area contributed by atoms with Gasteiger partial charge in [0.2, 0.25) is 0 Å². The third-order valence-electron chi connectivity index (χ3n) is 6.13. The van der Waals surface area contributed by atoms with Crippen LogP contribution in [0.4, 0.5) is 22.0 Å². The van der Waals surface area contributed by atoms with Gasteiger partial charge in [0.05, 0.1) is 12.3 Å². The lowest BCUT2D eigenvalue weighted by molar-refractivity contribution is 0.0917. The minimum Gasteiger partial charge on any atom is -0.408 e. The van der Waals surface area contributed by atoms with Gasteiger partial charge in [0.25, 0.3) is 0 Å². The van der Waals surface area contributed by atoms with E-state index in [1.54, 1.807) is 29.2 Å². The highest BCUT2D eigenvalue weighted by Gasteiger charge is 2.28. The quantitative estimate of drug-likeness (QED) is 0.677. The molecule has 2 aliphatic rings. The summed E-state index contributed by atoms with van der Waals surface area (Å²) in [6.45, 7) is 7.02. The number of likely N-dealkylation sites (tertiary alicyclic amines) is 1. The van der Waals surface area contributed by atoms with Crippen molar-refractivity contribution in [1.29, 1.82) is 0 Å². The minimum atomic E-state index is -0.348. The molecule has 0 aliphatic carbocycles. The number of aryl methyl sites for hydroxylation is 1. The van der Waals surface area contributed by atoms with Gasteiger partial charge in [-0.1, -0.05) is 19.1 Å². The smallest absolute Gasteiger partial charge is 0.408 e. The van der Waals surface area contributed by atoms with Crippen LogP contribution in [0.3, 0.4) is 0 Å². The lowest BCUT2D eigenvalue weighted by atomic mass is 10.0. The third kappa shape index (κ3) is 6.06. The van der Waals surface area contributed by atoms with Crippen molar-refractivity contribution < 1.29 is 14.3 Å². The number of ether oxygens (including phenoxy) is 2. The zero-order chi connectivity index (χ0) is 23.0. The normalized spacial score (nSPS) is 18.4. The van der Waals surface area contributed by atoms with Gasteiger partial charge in [-0.3, -0.25) is 4.90 Å².